The van der Waals surface area contributed by atoms with Crippen molar-refractivity contribution in [1.82, 2.24) is 0 Å². The first-order valence-corrected chi connectivity index (χ1v) is 21.0. The van der Waals surface area contributed by atoms with E-state index in [2.05, 4.69) is 133 Å². The maximum Gasteiger partial charge on any atom is 0.200 e. The third-order valence-corrected chi connectivity index (χ3v) is 10.8. The van der Waals surface area contributed by atoms with Gasteiger partial charge >= 0.3 is 0 Å². The molecule has 0 aliphatic carbocycles. The second-order valence-electron chi connectivity index (χ2n) is 15.9. The van der Waals surface area contributed by atoms with Crippen LogP contribution in [0.3, 0.4) is 0 Å². The van der Waals surface area contributed by atoms with Crippen LogP contribution >= 0.6 is 0 Å². The standard InChI is InChI=1S/C54H60N2O5/c1-35-15-13-17-42(29-35)55-53(58-9)51(44-31-37(3)19-23-41(44)7)46-33-39(5)21-25-49(46)60-27-11-12-28-61-50-26-22-40(6)34-47(50)52(45-32-38(4)20-24-48(45)57-8)54(59-10)56-43-18-14-16-36(2)30-43/h13-26,29-34,51-52H,11-12,27-28H2,1-10H3. The van der Waals surface area contributed by atoms with Gasteiger partial charge in [0.05, 0.1) is 57.8 Å². The molecule has 0 saturated heterocycles. The maximum absolute atomic E-state index is 6.65. The minimum absolute atomic E-state index is 0.282. The molecule has 6 aromatic rings. The molecule has 0 N–H and O–H groups in total. The fourth-order valence-corrected chi connectivity index (χ4v) is 7.74. The average molecular weight is 817 g/mol. The fraction of sp³-hybridized carbons (Fsp3) is 0.296. The molecular formula is C54H60N2O5. The van der Waals surface area contributed by atoms with E-state index < -0.39 is 5.92 Å². The third-order valence-electron chi connectivity index (χ3n) is 10.8. The van der Waals surface area contributed by atoms with Crippen molar-refractivity contribution in [3.8, 4) is 17.2 Å². The molecule has 0 aliphatic rings. The Kier molecular flexibility index (Phi) is 15.0. The molecule has 7 nitrogen and oxygen atoms in total. The van der Waals surface area contributed by atoms with Gasteiger partial charge in [0.1, 0.15) is 17.2 Å². The molecular weight excluding hydrogens is 757 g/mol. The van der Waals surface area contributed by atoms with Crippen molar-refractivity contribution in [3.05, 3.63) is 183 Å². The van der Waals surface area contributed by atoms with Crippen LogP contribution < -0.4 is 14.2 Å². The highest BCUT2D eigenvalue weighted by Crippen LogP contribution is 2.41. The van der Waals surface area contributed by atoms with Crippen molar-refractivity contribution in [3.63, 3.8) is 0 Å². The predicted octanol–water partition coefficient (Wildman–Crippen LogP) is 13.1. The zero-order chi connectivity index (χ0) is 43.5. The number of nitrogens with zero attached hydrogens (tertiary/aromatic N) is 2. The number of aliphatic imine (C=N–C) groups is 2. The van der Waals surface area contributed by atoms with Crippen LogP contribution in [-0.4, -0.2) is 46.3 Å². The summed E-state index contributed by atoms with van der Waals surface area (Å²) in [4.78, 5) is 10.1. The van der Waals surface area contributed by atoms with Crippen LogP contribution in [0, 0.1) is 48.5 Å². The van der Waals surface area contributed by atoms with Crippen molar-refractivity contribution >= 4 is 23.2 Å². The number of unbranched alkanes of at least 4 members (excludes halogenated alkanes) is 1. The molecule has 7 heteroatoms. The lowest BCUT2D eigenvalue weighted by Gasteiger charge is -2.25. The highest BCUT2D eigenvalue weighted by molar-refractivity contribution is 5.91. The van der Waals surface area contributed by atoms with E-state index in [-0.39, 0.29) is 5.92 Å². The highest BCUT2D eigenvalue weighted by atomic mass is 16.5. The number of rotatable bonds is 16. The Balaban J connectivity index is 1.25. The molecule has 0 fully saturated rings. The van der Waals surface area contributed by atoms with E-state index >= 15 is 0 Å². The molecule has 2 atom stereocenters. The zero-order valence-electron chi connectivity index (χ0n) is 37.5. The summed E-state index contributed by atoms with van der Waals surface area (Å²) >= 11 is 0. The largest absolute Gasteiger partial charge is 0.496 e. The first-order chi connectivity index (χ1) is 29.5. The van der Waals surface area contributed by atoms with Gasteiger partial charge in [0.15, 0.2) is 0 Å². The number of hydrogen-bond acceptors (Lipinski definition) is 7. The van der Waals surface area contributed by atoms with Gasteiger partial charge in [0, 0.05) is 16.7 Å². The quantitative estimate of drug-likeness (QED) is 0.0553. The molecule has 0 heterocycles. The van der Waals surface area contributed by atoms with E-state index in [0.29, 0.717) is 25.0 Å². The van der Waals surface area contributed by atoms with Crippen LogP contribution in [0.2, 0.25) is 0 Å². The number of methoxy groups -OCH3 is 3. The summed E-state index contributed by atoms with van der Waals surface area (Å²) in [5.41, 5.74) is 13.7. The second kappa shape index (κ2) is 20.8. The predicted molar refractivity (Wildman–Crippen MR) is 250 cm³/mol. The minimum Gasteiger partial charge on any atom is -0.496 e. The Morgan fingerprint density at radius 3 is 1.23 bits per heavy atom. The fourth-order valence-electron chi connectivity index (χ4n) is 7.74. The number of hydrogen-bond donors (Lipinski definition) is 0. The molecule has 2 unspecified atom stereocenters. The maximum atomic E-state index is 6.65. The lowest BCUT2D eigenvalue weighted by molar-refractivity contribution is 0.263. The zero-order valence-corrected chi connectivity index (χ0v) is 37.5. The molecule has 0 spiro atoms. The summed E-state index contributed by atoms with van der Waals surface area (Å²) < 4.78 is 31.5. The lowest BCUT2D eigenvalue weighted by Crippen LogP contribution is -2.19. The Hall–Kier alpha value is -6.34. The van der Waals surface area contributed by atoms with E-state index in [1.165, 1.54) is 5.56 Å². The molecule has 61 heavy (non-hydrogen) atoms. The van der Waals surface area contributed by atoms with Gasteiger partial charge in [-0.3, -0.25) is 0 Å². The summed E-state index contributed by atoms with van der Waals surface area (Å²) in [6.07, 6.45) is 1.56. The van der Waals surface area contributed by atoms with E-state index in [4.69, 9.17) is 33.7 Å². The Morgan fingerprint density at radius 2 is 0.803 bits per heavy atom. The van der Waals surface area contributed by atoms with Gasteiger partial charge in [0.2, 0.25) is 11.8 Å². The van der Waals surface area contributed by atoms with Gasteiger partial charge in [-0.25, -0.2) is 9.98 Å². The summed E-state index contributed by atoms with van der Waals surface area (Å²) in [5, 5.41) is 0. The van der Waals surface area contributed by atoms with Crippen LogP contribution in [0.1, 0.15) is 85.9 Å². The minimum atomic E-state index is -0.394. The normalized spacial score (nSPS) is 12.8. The number of benzene rings is 6. The monoisotopic (exact) mass is 816 g/mol. The molecule has 0 bridgehead atoms. The summed E-state index contributed by atoms with van der Waals surface area (Å²) in [6.45, 7) is 15.7. The van der Waals surface area contributed by atoms with Crippen molar-refractivity contribution in [1.29, 1.82) is 0 Å². The van der Waals surface area contributed by atoms with Crippen molar-refractivity contribution in [2.75, 3.05) is 34.5 Å². The Morgan fingerprint density at radius 1 is 0.426 bits per heavy atom. The average Bonchev–Trinajstić information content (AvgIpc) is 3.24. The molecule has 0 radical (unpaired) electrons. The van der Waals surface area contributed by atoms with Crippen LogP contribution in [0.25, 0.3) is 0 Å². The van der Waals surface area contributed by atoms with E-state index in [1.54, 1.807) is 21.3 Å². The van der Waals surface area contributed by atoms with Gasteiger partial charge in [-0.2, -0.15) is 0 Å². The number of ether oxygens (including phenoxy) is 5. The van der Waals surface area contributed by atoms with Crippen LogP contribution in [0.15, 0.2) is 131 Å². The van der Waals surface area contributed by atoms with E-state index in [0.717, 1.165) is 97.1 Å². The Labute approximate surface area is 363 Å². The van der Waals surface area contributed by atoms with Gasteiger partial charge in [-0.05, 0) is 126 Å². The van der Waals surface area contributed by atoms with Gasteiger partial charge < -0.3 is 23.7 Å². The van der Waals surface area contributed by atoms with Crippen LogP contribution in [0.4, 0.5) is 11.4 Å². The van der Waals surface area contributed by atoms with Gasteiger partial charge in [-0.1, -0.05) is 101 Å². The smallest absolute Gasteiger partial charge is 0.200 e. The summed E-state index contributed by atoms with van der Waals surface area (Å²) in [6, 6.07) is 41.7. The molecule has 0 amide bonds. The van der Waals surface area contributed by atoms with Crippen molar-refractivity contribution in [2.45, 2.75) is 73.1 Å². The van der Waals surface area contributed by atoms with Crippen molar-refractivity contribution in [2.24, 2.45) is 9.98 Å². The second-order valence-corrected chi connectivity index (χ2v) is 15.9. The van der Waals surface area contributed by atoms with Gasteiger partial charge in [0.25, 0.3) is 0 Å². The van der Waals surface area contributed by atoms with Crippen LogP contribution in [-0.2, 0) is 9.47 Å². The summed E-state index contributed by atoms with van der Waals surface area (Å²) in [7, 11) is 5.08. The summed E-state index contributed by atoms with van der Waals surface area (Å²) in [5.74, 6) is 2.81. The van der Waals surface area contributed by atoms with E-state index in [1.807, 2.05) is 36.4 Å². The first-order valence-electron chi connectivity index (χ1n) is 21.0. The van der Waals surface area contributed by atoms with Crippen molar-refractivity contribution < 1.29 is 23.7 Å². The van der Waals surface area contributed by atoms with Crippen LogP contribution in [0.5, 0.6) is 17.2 Å². The molecule has 0 aliphatic heterocycles. The molecule has 6 rings (SSSR count). The molecule has 0 saturated carbocycles. The highest BCUT2D eigenvalue weighted by Gasteiger charge is 2.30. The topological polar surface area (TPSA) is 70.9 Å². The third kappa shape index (κ3) is 11.3. The Bertz CT molecular complexity index is 2500. The number of aryl methyl sites for hydroxylation is 7. The molecule has 0 aromatic heterocycles. The lowest BCUT2D eigenvalue weighted by atomic mass is 9.86. The molecule has 6 aromatic carbocycles. The van der Waals surface area contributed by atoms with Gasteiger partial charge in [-0.15, -0.1) is 0 Å². The first kappa shape index (κ1) is 44.2. The van der Waals surface area contributed by atoms with E-state index in [9.17, 15) is 0 Å². The SMILES string of the molecule is COC(=Nc1cccc(C)c1)C(c1cc(C)ccc1C)c1cc(C)ccc1OCCCCOc1ccc(C)cc1C(C(=Nc1cccc(C)c1)OC)c1cc(C)ccc1OC. The molecule has 316 valence electrons.